The van der Waals surface area contributed by atoms with E-state index in [1.165, 1.54) is 42.3 Å². The lowest BCUT2D eigenvalue weighted by molar-refractivity contribution is 0.170. The van der Waals surface area contributed by atoms with Crippen LogP contribution in [0.4, 0.5) is 0 Å². The lowest BCUT2D eigenvalue weighted by Crippen LogP contribution is -2.49. The fourth-order valence-electron chi connectivity index (χ4n) is 3.64. The molecule has 23 heavy (non-hydrogen) atoms. The van der Waals surface area contributed by atoms with E-state index in [-0.39, 0.29) is 0 Å². The molecule has 3 heterocycles. The molecule has 2 saturated heterocycles. The molecular weight excluding hydrogens is 308 g/mol. The maximum absolute atomic E-state index is 5.30. The zero-order chi connectivity index (χ0) is 15.6. The zero-order valence-corrected chi connectivity index (χ0v) is 14.4. The SMILES string of the molecule is COc1ccc2nc(CN3CCC(N4CCNCC4)C3)sc2c1. The van der Waals surface area contributed by atoms with Crippen LogP contribution in [0.1, 0.15) is 11.4 Å². The van der Waals surface area contributed by atoms with Crippen molar-refractivity contribution in [1.29, 1.82) is 0 Å². The van der Waals surface area contributed by atoms with Crippen molar-refractivity contribution in [1.82, 2.24) is 20.1 Å². The molecule has 0 amide bonds. The number of methoxy groups -OCH3 is 1. The third-order valence-corrected chi connectivity index (χ3v) is 5.92. The summed E-state index contributed by atoms with van der Waals surface area (Å²) in [6, 6.07) is 6.86. The molecule has 1 atom stereocenters. The van der Waals surface area contributed by atoms with E-state index in [4.69, 9.17) is 9.72 Å². The van der Waals surface area contributed by atoms with Crippen molar-refractivity contribution in [3.05, 3.63) is 23.2 Å². The number of piperazine rings is 1. The molecule has 0 saturated carbocycles. The molecule has 2 aliphatic heterocycles. The van der Waals surface area contributed by atoms with Gasteiger partial charge in [-0.25, -0.2) is 4.98 Å². The second kappa shape index (κ2) is 6.73. The Morgan fingerprint density at radius 1 is 1.30 bits per heavy atom. The highest BCUT2D eigenvalue weighted by Crippen LogP contribution is 2.28. The molecule has 2 aliphatic rings. The van der Waals surface area contributed by atoms with Gasteiger partial charge in [0.2, 0.25) is 0 Å². The van der Waals surface area contributed by atoms with Gasteiger partial charge >= 0.3 is 0 Å². The molecule has 0 bridgehead atoms. The summed E-state index contributed by atoms with van der Waals surface area (Å²) in [6.07, 6.45) is 1.29. The first-order chi connectivity index (χ1) is 11.3. The molecule has 1 N–H and O–H groups in total. The number of ether oxygens (including phenoxy) is 1. The number of fused-ring (bicyclic) bond motifs is 1. The minimum atomic E-state index is 0.728. The first kappa shape index (κ1) is 15.3. The van der Waals surface area contributed by atoms with Crippen molar-refractivity contribution in [3.63, 3.8) is 0 Å². The van der Waals surface area contributed by atoms with Crippen LogP contribution in [0.25, 0.3) is 10.2 Å². The number of thiazole rings is 1. The minimum Gasteiger partial charge on any atom is -0.497 e. The minimum absolute atomic E-state index is 0.728. The summed E-state index contributed by atoms with van der Waals surface area (Å²) in [6.45, 7) is 8.00. The lowest BCUT2D eigenvalue weighted by Gasteiger charge is -2.32. The number of rotatable bonds is 4. The van der Waals surface area contributed by atoms with E-state index < -0.39 is 0 Å². The van der Waals surface area contributed by atoms with Gasteiger partial charge < -0.3 is 10.1 Å². The average molecular weight is 332 g/mol. The van der Waals surface area contributed by atoms with Gasteiger partial charge in [-0.05, 0) is 24.6 Å². The summed E-state index contributed by atoms with van der Waals surface area (Å²) >= 11 is 1.79. The van der Waals surface area contributed by atoms with Gasteiger partial charge in [0.1, 0.15) is 10.8 Å². The van der Waals surface area contributed by atoms with Crippen molar-refractivity contribution >= 4 is 21.6 Å². The highest BCUT2D eigenvalue weighted by molar-refractivity contribution is 7.18. The smallest absolute Gasteiger partial charge is 0.120 e. The first-order valence-corrected chi connectivity index (χ1v) is 9.24. The molecule has 2 aromatic rings. The highest BCUT2D eigenvalue weighted by atomic mass is 32.1. The number of aromatic nitrogens is 1. The number of hydrogen-bond acceptors (Lipinski definition) is 6. The predicted octanol–water partition coefficient (Wildman–Crippen LogP) is 1.78. The van der Waals surface area contributed by atoms with E-state index in [9.17, 15) is 0 Å². The molecule has 4 rings (SSSR count). The van der Waals surface area contributed by atoms with Gasteiger partial charge in [0.15, 0.2) is 0 Å². The Morgan fingerprint density at radius 2 is 2.17 bits per heavy atom. The quantitative estimate of drug-likeness (QED) is 0.924. The summed E-state index contributed by atoms with van der Waals surface area (Å²) in [5.74, 6) is 0.910. The Morgan fingerprint density at radius 3 is 3.00 bits per heavy atom. The fraction of sp³-hybridized carbons (Fsp3) is 0.588. The van der Waals surface area contributed by atoms with Crippen molar-refractivity contribution in [3.8, 4) is 5.75 Å². The van der Waals surface area contributed by atoms with Crippen LogP contribution in [0.2, 0.25) is 0 Å². The Bertz CT molecular complexity index is 668. The average Bonchev–Trinajstić information content (AvgIpc) is 3.21. The van der Waals surface area contributed by atoms with E-state index in [1.54, 1.807) is 18.4 Å². The van der Waals surface area contributed by atoms with Gasteiger partial charge in [-0.1, -0.05) is 0 Å². The molecule has 0 spiro atoms. The van der Waals surface area contributed by atoms with Crippen LogP contribution in [-0.4, -0.2) is 67.2 Å². The molecule has 1 aromatic heterocycles. The highest BCUT2D eigenvalue weighted by Gasteiger charge is 2.28. The fourth-order valence-corrected chi connectivity index (χ4v) is 4.68. The van der Waals surface area contributed by atoms with Crippen LogP contribution in [0.3, 0.4) is 0 Å². The van der Waals surface area contributed by atoms with Gasteiger partial charge in [0, 0.05) is 45.3 Å². The maximum atomic E-state index is 5.30. The maximum Gasteiger partial charge on any atom is 0.120 e. The van der Waals surface area contributed by atoms with E-state index in [1.807, 2.05) is 6.07 Å². The number of benzene rings is 1. The number of likely N-dealkylation sites (tertiary alicyclic amines) is 1. The molecule has 5 nitrogen and oxygen atoms in total. The molecular formula is C17H24N4OS. The number of hydrogen-bond donors (Lipinski definition) is 1. The van der Waals surface area contributed by atoms with Crippen LogP contribution < -0.4 is 10.1 Å². The second-order valence-electron chi connectivity index (χ2n) is 6.40. The molecule has 1 aromatic carbocycles. The second-order valence-corrected chi connectivity index (χ2v) is 7.52. The van der Waals surface area contributed by atoms with Gasteiger partial charge in [0.25, 0.3) is 0 Å². The summed E-state index contributed by atoms with van der Waals surface area (Å²) < 4.78 is 6.52. The van der Waals surface area contributed by atoms with E-state index in [0.29, 0.717) is 0 Å². The Hall–Kier alpha value is -1.21. The standard InChI is InChI=1S/C17H24N4OS/c1-22-14-2-3-15-16(10-14)23-17(19-15)12-20-7-4-13(11-20)21-8-5-18-6-9-21/h2-3,10,13,18H,4-9,11-12H2,1H3. The number of nitrogens with zero attached hydrogens (tertiary/aromatic N) is 3. The summed E-state index contributed by atoms with van der Waals surface area (Å²) in [7, 11) is 1.71. The van der Waals surface area contributed by atoms with E-state index in [0.717, 1.165) is 36.9 Å². The topological polar surface area (TPSA) is 40.6 Å². The van der Waals surface area contributed by atoms with Crippen molar-refractivity contribution in [2.24, 2.45) is 0 Å². The molecule has 2 fully saturated rings. The van der Waals surface area contributed by atoms with Crippen molar-refractivity contribution in [2.45, 2.75) is 19.0 Å². The van der Waals surface area contributed by atoms with Crippen molar-refractivity contribution < 1.29 is 4.74 Å². The third kappa shape index (κ3) is 3.35. The molecule has 124 valence electrons. The van der Waals surface area contributed by atoms with Gasteiger partial charge in [0.05, 0.1) is 23.9 Å². The Balaban J connectivity index is 1.40. The summed E-state index contributed by atoms with van der Waals surface area (Å²) in [5, 5.41) is 4.66. The van der Waals surface area contributed by atoms with Crippen LogP contribution in [0.5, 0.6) is 5.75 Å². The van der Waals surface area contributed by atoms with E-state index in [2.05, 4.69) is 27.2 Å². The van der Waals surface area contributed by atoms with Gasteiger partial charge in [-0.3, -0.25) is 9.80 Å². The molecule has 6 heteroatoms. The van der Waals surface area contributed by atoms with Crippen LogP contribution >= 0.6 is 11.3 Å². The van der Waals surface area contributed by atoms with E-state index >= 15 is 0 Å². The predicted molar refractivity (Wildman–Crippen MR) is 94.3 cm³/mol. The lowest BCUT2D eigenvalue weighted by atomic mass is 10.2. The zero-order valence-electron chi connectivity index (χ0n) is 13.6. The number of nitrogens with one attached hydrogen (secondary N) is 1. The largest absolute Gasteiger partial charge is 0.497 e. The van der Waals surface area contributed by atoms with Crippen LogP contribution in [0.15, 0.2) is 18.2 Å². The molecule has 0 radical (unpaired) electrons. The Kier molecular flexibility index (Phi) is 4.48. The molecule has 1 unspecified atom stereocenters. The first-order valence-electron chi connectivity index (χ1n) is 8.42. The summed E-state index contributed by atoms with van der Waals surface area (Å²) in [4.78, 5) is 10.00. The summed E-state index contributed by atoms with van der Waals surface area (Å²) in [5.41, 5.74) is 1.09. The monoisotopic (exact) mass is 332 g/mol. The van der Waals surface area contributed by atoms with Gasteiger partial charge in [-0.15, -0.1) is 11.3 Å². The van der Waals surface area contributed by atoms with Crippen LogP contribution in [-0.2, 0) is 6.54 Å². The normalized spacial score (nSPS) is 23.6. The van der Waals surface area contributed by atoms with Crippen molar-refractivity contribution in [2.75, 3.05) is 46.4 Å². The third-order valence-electron chi connectivity index (χ3n) is 4.91. The van der Waals surface area contributed by atoms with Gasteiger partial charge in [-0.2, -0.15) is 0 Å². The molecule has 0 aliphatic carbocycles. The van der Waals surface area contributed by atoms with Crippen LogP contribution in [0, 0.1) is 0 Å². The Labute approximate surface area is 141 Å².